The number of carbonyl (C=O) groups is 1. The Morgan fingerprint density at radius 2 is 1.66 bits per heavy atom. The third kappa shape index (κ3) is 4.54. The van der Waals surface area contributed by atoms with E-state index in [1.807, 2.05) is 54.6 Å². The molecule has 0 radical (unpaired) electrons. The zero-order valence-electron chi connectivity index (χ0n) is 16.3. The summed E-state index contributed by atoms with van der Waals surface area (Å²) in [6.45, 7) is 0. The van der Waals surface area contributed by atoms with Gasteiger partial charge in [0, 0.05) is 23.2 Å². The normalized spacial score (nSPS) is 13.8. The highest BCUT2D eigenvalue weighted by Gasteiger charge is 2.18. The van der Waals surface area contributed by atoms with Crippen LogP contribution in [-0.2, 0) is 0 Å². The summed E-state index contributed by atoms with van der Waals surface area (Å²) >= 11 is 0. The zero-order valence-corrected chi connectivity index (χ0v) is 16.3. The quantitative estimate of drug-likeness (QED) is 0.666. The number of carbonyl (C=O) groups excluding carboxylic acids is 1. The van der Waals surface area contributed by atoms with E-state index in [9.17, 15) is 4.79 Å². The second-order valence-corrected chi connectivity index (χ2v) is 7.04. The molecule has 6 nitrogen and oxygen atoms in total. The van der Waals surface area contributed by atoms with E-state index >= 15 is 0 Å². The summed E-state index contributed by atoms with van der Waals surface area (Å²) in [5, 5.41) is 11.5. The molecule has 1 N–H and O–H groups in total. The van der Waals surface area contributed by atoms with Gasteiger partial charge < -0.3 is 14.8 Å². The molecule has 29 heavy (non-hydrogen) atoms. The second kappa shape index (κ2) is 8.73. The SMILES string of the molecule is COc1ccccc1Oc1ccc(-c2ccc(C(=O)NC3CCCC3)cc2)nn1. The summed E-state index contributed by atoms with van der Waals surface area (Å²) in [4.78, 5) is 12.4. The van der Waals surface area contributed by atoms with Gasteiger partial charge >= 0.3 is 0 Å². The molecule has 6 heteroatoms. The Hall–Kier alpha value is -3.41. The molecule has 1 amide bonds. The highest BCUT2D eigenvalue weighted by atomic mass is 16.5. The van der Waals surface area contributed by atoms with Crippen molar-refractivity contribution in [2.24, 2.45) is 0 Å². The van der Waals surface area contributed by atoms with Gasteiger partial charge in [-0.15, -0.1) is 10.2 Å². The molecule has 0 unspecified atom stereocenters. The van der Waals surface area contributed by atoms with E-state index in [0.29, 0.717) is 34.7 Å². The molecule has 0 spiro atoms. The number of aromatic nitrogens is 2. The van der Waals surface area contributed by atoms with Gasteiger partial charge in [0.1, 0.15) is 0 Å². The number of rotatable bonds is 6. The molecule has 1 aliphatic carbocycles. The molecule has 0 aliphatic heterocycles. The molecular formula is C23H23N3O3. The van der Waals surface area contributed by atoms with Gasteiger partial charge in [0.2, 0.25) is 5.88 Å². The highest BCUT2D eigenvalue weighted by molar-refractivity contribution is 5.94. The second-order valence-electron chi connectivity index (χ2n) is 7.04. The smallest absolute Gasteiger partial charge is 0.251 e. The monoisotopic (exact) mass is 389 g/mol. The predicted octanol–water partition coefficient (Wildman–Crippen LogP) is 4.62. The number of methoxy groups -OCH3 is 1. The minimum Gasteiger partial charge on any atom is -0.493 e. The van der Waals surface area contributed by atoms with Crippen LogP contribution >= 0.6 is 0 Å². The fourth-order valence-corrected chi connectivity index (χ4v) is 3.48. The van der Waals surface area contributed by atoms with Gasteiger partial charge in [-0.05, 0) is 43.2 Å². The maximum absolute atomic E-state index is 12.4. The van der Waals surface area contributed by atoms with Crippen molar-refractivity contribution in [3.63, 3.8) is 0 Å². The van der Waals surface area contributed by atoms with Crippen LogP contribution in [0.3, 0.4) is 0 Å². The lowest BCUT2D eigenvalue weighted by molar-refractivity contribution is 0.0938. The van der Waals surface area contributed by atoms with Crippen molar-refractivity contribution in [3.05, 3.63) is 66.2 Å². The summed E-state index contributed by atoms with van der Waals surface area (Å²) < 4.78 is 11.0. The van der Waals surface area contributed by atoms with Crippen molar-refractivity contribution < 1.29 is 14.3 Å². The van der Waals surface area contributed by atoms with Crippen molar-refractivity contribution in [2.45, 2.75) is 31.7 Å². The number of amides is 1. The van der Waals surface area contributed by atoms with E-state index < -0.39 is 0 Å². The minimum absolute atomic E-state index is 0.0184. The zero-order chi connectivity index (χ0) is 20.1. The molecule has 2 aromatic carbocycles. The van der Waals surface area contributed by atoms with Crippen LogP contribution in [0.4, 0.5) is 0 Å². The van der Waals surface area contributed by atoms with Crippen LogP contribution < -0.4 is 14.8 Å². The van der Waals surface area contributed by atoms with Gasteiger partial charge in [0.05, 0.1) is 12.8 Å². The van der Waals surface area contributed by atoms with Crippen LogP contribution in [0.25, 0.3) is 11.3 Å². The first-order chi connectivity index (χ1) is 14.2. The molecule has 0 atom stereocenters. The summed E-state index contributed by atoms with van der Waals surface area (Å²) in [5.41, 5.74) is 2.25. The van der Waals surface area contributed by atoms with Crippen molar-refractivity contribution in [1.29, 1.82) is 0 Å². The van der Waals surface area contributed by atoms with Gasteiger partial charge in [-0.25, -0.2) is 0 Å². The van der Waals surface area contributed by atoms with Crippen LogP contribution in [0.15, 0.2) is 60.7 Å². The third-order valence-corrected chi connectivity index (χ3v) is 5.06. The molecule has 1 saturated carbocycles. The van der Waals surface area contributed by atoms with E-state index in [0.717, 1.165) is 18.4 Å². The number of benzene rings is 2. The summed E-state index contributed by atoms with van der Waals surface area (Å²) in [6, 6.07) is 18.7. The van der Waals surface area contributed by atoms with E-state index in [1.54, 1.807) is 13.2 Å². The first-order valence-electron chi connectivity index (χ1n) is 9.79. The molecule has 1 heterocycles. The first-order valence-corrected chi connectivity index (χ1v) is 9.79. The average molecular weight is 389 g/mol. The topological polar surface area (TPSA) is 73.3 Å². The number of nitrogens with zero attached hydrogens (tertiary/aromatic N) is 2. The van der Waals surface area contributed by atoms with E-state index in [-0.39, 0.29) is 5.91 Å². The number of nitrogens with one attached hydrogen (secondary N) is 1. The molecule has 1 aliphatic rings. The van der Waals surface area contributed by atoms with Crippen LogP contribution in [0, 0.1) is 0 Å². The summed E-state index contributed by atoms with van der Waals surface area (Å²) in [7, 11) is 1.59. The van der Waals surface area contributed by atoms with Crippen LogP contribution in [-0.4, -0.2) is 29.3 Å². The Balaban J connectivity index is 1.42. The minimum atomic E-state index is -0.0184. The lowest BCUT2D eigenvalue weighted by Gasteiger charge is -2.12. The molecule has 3 aromatic rings. The lowest BCUT2D eigenvalue weighted by atomic mass is 10.1. The van der Waals surface area contributed by atoms with Crippen LogP contribution in [0.1, 0.15) is 36.0 Å². The molecule has 0 bridgehead atoms. The first kappa shape index (κ1) is 18.9. The molecule has 1 aromatic heterocycles. The van der Waals surface area contributed by atoms with Crippen LogP contribution in [0.2, 0.25) is 0 Å². The Morgan fingerprint density at radius 1 is 0.931 bits per heavy atom. The van der Waals surface area contributed by atoms with Gasteiger partial charge in [-0.1, -0.05) is 37.1 Å². The molecular weight excluding hydrogens is 366 g/mol. The van der Waals surface area contributed by atoms with Crippen molar-refractivity contribution in [1.82, 2.24) is 15.5 Å². The fraction of sp³-hybridized carbons (Fsp3) is 0.261. The highest BCUT2D eigenvalue weighted by Crippen LogP contribution is 2.30. The molecule has 4 rings (SSSR count). The molecule has 0 saturated heterocycles. The molecule has 148 valence electrons. The Morgan fingerprint density at radius 3 is 2.31 bits per heavy atom. The van der Waals surface area contributed by atoms with Gasteiger partial charge in [0.25, 0.3) is 5.91 Å². The predicted molar refractivity (Wildman–Crippen MR) is 110 cm³/mol. The van der Waals surface area contributed by atoms with Gasteiger partial charge in [-0.3, -0.25) is 4.79 Å². The number of para-hydroxylation sites is 2. The van der Waals surface area contributed by atoms with Gasteiger partial charge in [0.15, 0.2) is 11.5 Å². The van der Waals surface area contributed by atoms with E-state index in [4.69, 9.17) is 9.47 Å². The average Bonchev–Trinajstić information content (AvgIpc) is 3.28. The fourth-order valence-electron chi connectivity index (χ4n) is 3.48. The Kier molecular flexibility index (Phi) is 5.70. The number of ether oxygens (including phenoxy) is 2. The molecule has 1 fully saturated rings. The van der Waals surface area contributed by atoms with Crippen molar-refractivity contribution in [2.75, 3.05) is 7.11 Å². The van der Waals surface area contributed by atoms with E-state index in [2.05, 4.69) is 15.5 Å². The number of hydrogen-bond donors (Lipinski definition) is 1. The third-order valence-electron chi connectivity index (χ3n) is 5.06. The maximum Gasteiger partial charge on any atom is 0.251 e. The van der Waals surface area contributed by atoms with Crippen molar-refractivity contribution in [3.8, 4) is 28.6 Å². The largest absolute Gasteiger partial charge is 0.493 e. The van der Waals surface area contributed by atoms with E-state index in [1.165, 1.54) is 12.8 Å². The summed E-state index contributed by atoms with van der Waals surface area (Å²) in [5.74, 6) is 1.57. The van der Waals surface area contributed by atoms with Crippen molar-refractivity contribution >= 4 is 5.91 Å². The summed E-state index contributed by atoms with van der Waals surface area (Å²) in [6.07, 6.45) is 4.53. The lowest BCUT2D eigenvalue weighted by Crippen LogP contribution is -2.32. The Labute approximate surface area is 169 Å². The number of hydrogen-bond acceptors (Lipinski definition) is 5. The van der Waals surface area contributed by atoms with Crippen LogP contribution in [0.5, 0.6) is 17.4 Å². The standard InChI is InChI=1S/C23H23N3O3/c1-28-20-8-4-5-9-21(20)29-22-15-14-19(25-26-22)16-10-12-17(13-11-16)23(27)24-18-6-2-3-7-18/h4-5,8-15,18H,2-3,6-7H2,1H3,(H,24,27). The van der Waals surface area contributed by atoms with Gasteiger partial charge in [-0.2, -0.15) is 0 Å². The Bertz CT molecular complexity index is 965. The maximum atomic E-state index is 12.4.